The summed E-state index contributed by atoms with van der Waals surface area (Å²) in [5.74, 6) is -0.393. The van der Waals surface area contributed by atoms with E-state index in [2.05, 4.69) is 20.1 Å². The molecule has 1 aliphatic carbocycles. The fourth-order valence-corrected chi connectivity index (χ4v) is 3.38. The van der Waals surface area contributed by atoms with Crippen molar-refractivity contribution >= 4 is 16.9 Å². The third-order valence-corrected chi connectivity index (χ3v) is 4.87. The maximum absolute atomic E-state index is 12.9. The highest BCUT2D eigenvalue weighted by atomic mass is 19.4. The van der Waals surface area contributed by atoms with Gasteiger partial charge in [0.05, 0.1) is 16.6 Å². The number of alkyl halides is 3. The van der Waals surface area contributed by atoms with Crippen LogP contribution in [0.3, 0.4) is 0 Å². The van der Waals surface area contributed by atoms with Crippen molar-refractivity contribution in [2.45, 2.75) is 38.6 Å². The number of rotatable bonds is 5. The first-order chi connectivity index (χ1) is 13.7. The molecule has 1 amide bonds. The Kier molecular flexibility index (Phi) is 4.68. The number of fused-ring (bicyclic) bond motifs is 1. The number of carbonyl (C=O) groups is 1. The van der Waals surface area contributed by atoms with Crippen LogP contribution in [-0.2, 0) is 13.6 Å². The van der Waals surface area contributed by atoms with Crippen LogP contribution >= 0.6 is 0 Å². The number of aryl methyl sites for hydroxylation is 2. The van der Waals surface area contributed by atoms with Crippen LogP contribution in [0.2, 0.25) is 0 Å². The molecular weight excluding hydrogens is 385 g/mol. The van der Waals surface area contributed by atoms with E-state index in [9.17, 15) is 18.0 Å². The second kappa shape index (κ2) is 7.06. The predicted octanol–water partition coefficient (Wildman–Crippen LogP) is 3.98. The number of amides is 1. The van der Waals surface area contributed by atoms with Gasteiger partial charge in [0, 0.05) is 30.8 Å². The molecule has 0 spiro atoms. The van der Waals surface area contributed by atoms with Gasteiger partial charge in [-0.25, -0.2) is 4.98 Å². The molecule has 1 aromatic carbocycles. The molecule has 29 heavy (non-hydrogen) atoms. The number of pyridine rings is 1. The van der Waals surface area contributed by atoms with E-state index < -0.39 is 12.3 Å². The van der Waals surface area contributed by atoms with Gasteiger partial charge in [0.1, 0.15) is 5.75 Å². The van der Waals surface area contributed by atoms with E-state index in [-0.39, 0.29) is 17.9 Å². The maximum Gasteiger partial charge on any atom is 0.573 e. The van der Waals surface area contributed by atoms with Crippen molar-refractivity contribution in [1.82, 2.24) is 20.1 Å². The molecule has 0 aliphatic heterocycles. The molecule has 0 atom stereocenters. The van der Waals surface area contributed by atoms with E-state index in [1.54, 1.807) is 30.8 Å². The Morgan fingerprint density at radius 1 is 1.31 bits per heavy atom. The van der Waals surface area contributed by atoms with E-state index in [0.29, 0.717) is 28.2 Å². The average Bonchev–Trinajstić information content (AvgIpc) is 3.46. The number of carbonyl (C=O) groups excluding carboxylic acids is 1. The highest BCUT2D eigenvalue weighted by molar-refractivity contribution is 6.06. The lowest BCUT2D eigenvalue weighted by Crippen LogP contribution is -2.25. The van der Waals surface area contributed by atoms with Gasteiger partial charge in [-0.2, -0.15) is 5.10 Å². The van der Waals surface area contributed by atoms with Gasteiger partial charge in [-0.1, -0.05) is 18.2 Å². The number of halogens is 3. The molecule has 0 radical (unpaired) electrons. The molecular formula is C20H19F3N4O2. The van der Waals surface area contributed by atoms with E-state index >= 15 is 0 Å². The van der Waals surface area contributed by atoms with Gasteiger partial charge in [-0.3, -0.25) is 9.48 Å². The Morgan fingerprint density at radius 3 is 2.72 bits per heavy atom. The molecule has 2 heterocycles. The number of hydrogen-bond donors (Lipinski definition) is 1. The van der Waals surface area contributed by atoms with Crippen LogP contribution in [-0.4, -0.2) is 27.0 Å². The lowest BCUT2D eigenvalue weighted by atomic mass is 10.1. The minimum Gasteiger partial charge on any atom is -0.405 e. The second-order valence-electron chi connectivity index (χ2n) is 7.11. The van der Waals surface area contributed by atoms with Crippen molar-refractivity contribution in [3.63, 3.8) is 0 Å². The van der Waals surface area contributed by atoms with Crippen LogP contribution < -0.4 is 10.1 Å². The van der Waals surface area contributed by atoms with E-state index in [4.69, 9.17) is 0 Å². The Labute approximate surface area is 164 Å². The summed E-state index contributed by atoms with van der Waals surface area (Å²) in [5.41, 5.74) is 2.79. The van der Waals surface area contributed by atoms with Crippen LogP contribution in [0, 0.1) is 6.92 Å². The third-order valence-electron chi connectivity index (χ3n) is 4.87. The number of hydrogen-bond acceptors (Lipinski definition) is 4. The minimum absolute atomic E-state index is 0.104. The SMILES string of the molecule is Cc1nn(C)c2nc(C3CC3)cc(C(=O)NCc3ccccc3OC(F)(F)F)c12. The zero-order valence-electron chi connectivity index (χ0n) is 15.9. The summed E-state index contributed by atoms with van der Waals surface area (Å²) in [4.78, 5) is 17.6. The van der Waals surface area contributed by atoms with E-state index in [0.717, 1.165) is 18.5 Å². The first-order valence-corrected chi connectivity index (χ1v) is 9.19. The minimum atomic E-state index is -4.80. The van der Waals surface area contributed by atoms with Crippen LogP contribution in [0.1, 0.15) is 46.1 Å². The highest BCUT2D eigenvalue weighted by Gasteiger charge is 2.32. The largest absolute Gasteiger partial charge is 0.573 e. The monoisotopic (exact) mass is 404 g/mol. The van der Waals surface area contributed by atoms with Crippen molar-refractivity contribution < 1.29 is 22.7 Å². The lowest BCUT2D eigenvalue weighted by molar-refractivity contribution is -0.274. The van der Waals surface area contributed by atoms with Crippen LogP contribution in [0.15, 0.2) is 30.3 Å². The molecule has 1 fully saturated rings. The number of nitrogens with one attached hydrogen (secondary N) is 1. The quantitative estimate of drug-likeness (QED) is 0.698. The zero-order valence-corrected chi connectivity index (χ0v) is 15.9. The number of para-hydroxylation sites is 1. The average molecular weight is 404 g/mol. The molecule has 1 aliphatic rings. The molecule has 3 aromatic rings. The van der Waals surface area contributed by atoms with Crippen molar-refractivity contribution in [3.05, 3.63) is 52.8 Å². The topological polar surface area (TPSA) is 69.0 Å². The molecule has 152 valence electrons. The smallest absolute Gasteiger partial charge is 0.405 e. The van der Waals surface area contributed by atoms with E-state index in [1.807, 2.05) is 0 Å². The Balaban J connectivity index is 1.62. The molecule has 1 saturated carbocycles. The second-order valence-corrected chi connectivity index (χ2v) is 7.11. The molecule has 4 rings (SSSR count). The van der Waals surface area contributed by atoms with Crippen molar-refractivity contribution in [3.8, 4) is 5.75 Å². The highest BCUT2D eigenvalue weighted by Crippen LogP contribution is 2.40. The summed E-state index contributed by atoms with van der Waals surface area (Å²) in [7, 11) is 1.77. The van der Waals surface area contributed by atoms with Gasteiger partial charge in [-0.05, 0) is 31.9 Å². The summed E-state index contributed by atoms with van der Waals surface area (Å²) in [6.07, 6.45) is -2.75. The first kappa shape index (κ1) is 19.2. The number of nitrogens with zero attached hydrogens (tertiary/aromatic N) is 3. The molecule has 2 aromatic heterocycles. The van der Waals surface area contributed by atoms with Gasteiger partial charge in [-0.15, -0.1) is 13.2 Å². The number of aromatic nitrogens is 3. The van der Waals surface area contributed by atoms with Gasteiger partial charge in [0.2, 0.25) is 0 Å². The summed E-state index contributed by atoms with van der Waals surface area (Å²) >= 11 is 0. The number of ether oxygens (including phenoxy) is 1. The fourth-order valence-electron chi connectivity index (χ4n) is 3.38. The Bertz CT molecular complexity index is 1090. The molecule has 0 saturated heterocycles. The van der Waals surface area contributed by atoms with Gasteiger partial charge in [0.15, 0.2) is 5.65 Å². The van der Waals surface area contributed by atoms with Crippen LogP contribution in [0.25, 0.3) is 11.0 Å². The normalized spacial score (nSPS) is 14.2. The van der Waals surface area contributed by atoms with Crippen molar-refractivity contribution in [2.75, 3.05) is 0 Å². The molecule has 0 bridgehead atoms. The Hall–Kier alpha value is -3.10. The van der Waals surface area contributed by atoms with E-state index in [1.165, 1.54) is 18.2 Å². The summed E-state index contributed by atoms with van der Waals surface area (Å²) in [6, 6.07) is 7.50. The first-order valence-electron chi connectivity index (χ1n) is 9.19. The van der Waals surface area contributed by atoms with Crippen LogP contribution in [0.4, 0.5) is 13.2 Å². The zero-order chi connectivity index (χ0) is 20.8. The van der Waals surface area contributed by atoms with Crippen molar-refractivity contribution in [2.24, 2.45) is 7.05 Å². The summed E-state index contributed by atoms with van der Waals surface area (Å²) in [5, 5.41) is 7.71. The maximum atomic E-state index is 12.9. The standard InChI is InChI=1S/C20H19F3N4O2/c1-11-17-14(9-15(12-7-8-12)25-18(17)27(2)26-11)19(28)24-10-13-5-3-4-6-16(13)29-20(21,22)23/h3-6,9,12H,7-8,10H2,1-2H3,(H,24,28). The lowest BCUT2D eigenvalue weighted by Gasteiger charge is -2.14. The predicted molar refractivity (Wildman–Crippen MR) is 99.5 cm³/mol. The third kappa shape index (κ3) is 4.03. The van der Waals surface area contributed by atoms with Crippen LogP contribution in [0.5, 0.6) is 5.75 Å². The summed E-state index contributed by atoms with van der Waals surface area (Å²) < 4.78 is 43.5. The summed E-state index contributed by atoms with van der Waals surface area (Å²) in [6.45, 7) is 1.69. The molecule has 9 heteroatoms. The number of benzene rings is 1. The molecule has 1 N–H and O–H groups in total. The van der Waals surface area contributed by atoms with Gasteiger partial charge >= 0.3 is 6.36 Å². The fraction of sp³-hybridized carbons (Fsp3) is 0.350. The van der Waals surface area contributed by atoms with Crippen molar-refractivity contribution in [1.29, 1.82) is 0 Å². The Morgan fingerprint density at radius 2 is 2.03 bits per heavy atom. The molecule has 0 unspecified atom stereocenters. The molecule has 6 nitrogen and oxygen atoms in total. The van der Waals surface area contributed by atoms with Gasteiger partial charge < -0.3 is 10.1 Å². The van der Waals surface area contributed by atoms with Gasteiger partial charge in [0.25, 0.3) is 5.91 Å².